The van der Waals surface area contributed by atoms with Crippen molar-refractivity contribution in [1.82, 2.24) is 14.8 Å². The van der Waals surface area contributed by atoms with Gasteiger partial charge in [-0.25, -0.2) is 0 Å². The van der Waals surface area contributed by atoms with Gasteiger partial charge in [0.25, 0.3) is 0 Å². The van der Waals surface area contributed by atoms with Crippen LogP contribution < -0.4 is 15.4 Å². The van der Waals surface area contributed by atoms with E-state index in [-0.39, 0.29) is 5.91 Å². The SMILES string of the molecule is CCCc1ccc(NC(=O)CSc2nnc(CNc3cccc(OC)c3)n2C2CCCCC2)cc1. The molecule has 0 unspecified atom stereocenters. The second-order valence-electron chi connectivity index (χ2n) is 8.93. The molecule has 0 aliphatic heterocycles. The van der Waals surface area contributed by atoms with Crippen LogP contribution in [0.25, 0.3) is 0 Å². The molecule has 4 rings (SSSR count). The van der Waals surface area contributed by atoms with Crippen LogP contribution in [-0.4, -0.2) is 33.5 Å². The van der Waals surface area contributed by atoms with Crippen LogP contribution in [-0.2, 0) is 17.8 Å². The summed E-state index contributed by atoms with van der Waals surface area (Å²) in [6.45, 7) is 2.73. The summed E-state index contributed by atoms with van der Waals surface area (Å²) >= 11 is 1.46. The van der Waals surface area contributed by atoms with Crippen molar-refractivity contribution in [3.63, 3.8) is 0 Å². The average Bonchev–Trinajstić information content (AvgIpc) is 3.31. The Balaban J connectivity index is 1.41. The fourth-order valence-electron chi connectivity index (χ4n) is 4.52. The van der Waals surface area contributed by atoms with E-state index >= 15 is 0 Å². The van der Waals surface area contributed by atoms with Crippen LogP contribution in [0.3, 0.4) is 0 Å². The molecular formula is C27H35N5O2S. The lowest BCUT2D eigenvalue weighted by molar-refractivity contribution is -0.113. The number of hydrogen-bond donors (Lipinski definition) is 2. The zero-order valence-corrected chi connectivity index (χ0v) is 21.4. The molecule has 2 aromatic carbocycles. The quantitative estimate of drug-likeness (QED) is 0.315. The number of benzene rings is 2. The number of carbonyl (C=O) groups is 1. The third-order valence-corrected chi connectivity index (χ3v) is 7.25. The van der Waals surface area contributed by atoms with Gasteiger partial charge in [-0.3, -0.25) is 4.79 Å². The van der Waals surface area contributed by atoms with Crippen molar-refractivity contribution >= 4 is 29.0 Å². The summed E-state index contributed by atoms with van der Waals surface area (Å²) in [5.74, 6) is 1.97. The normalized spacial score (nSPS) is 14.0. The molecule has 8 heteroatoms. The molecule has 1 saturated carbocycles. The third kappa shape index (κ3) is 7.01. The van der Waals surface area contributed by atoms with Crippen LogP contribution in [0.4, 0.5) is 11.4 Å². The summed E-state index contributed by atoms with van der Waals surface area (Å²) in [5, 5.41) is 16.2. The number of aryl methyl sites for hydroxylation is 1. The molecule has 35 heavy (non-hydrogen) atoms. The van der Waals surface area contributed by atoms with Crippen LogP contribution in [0.15, 0.2) is 53.7 Å². The standard InChI is InChI=1S/C27H35N5O2S/c1-3-8-20-13-15-21(16-14-20)29-26(33)19-35-27-31-30-25(32(27)23-10-5-4-6-11-23)18-28-22-9-7-12-24(17-22)34-2/h7,9,12-17,23,28H,3-6,8,10-11,18-19H2,1-2H3,(H,29,33). The molecule has 0 spiro atoms. The zero-order chi connectivity index (χ0) is 24.5. The van der Waals surface area contributed by atoms with Gasteiger partial charge in [-0.05, 0) is 49.1 Å². The Labute approximate surface area is 212 Å². The fourth-order valence-corrected chi connectivity index (χ4v) is 5.34. The van der Waals surface area contributed by atoms with Crippen molar-refractivity contribution in [1.29, 1.82) is 0 Å². The lowest BCUT2D eigenvalue weighted by Crippen LogP contribution is -2.19. The smallest absolute Gasteiger partial charge is 0.234 e. The van der Waals surface area contributed by atoms with Gasteiger partial charge in [-0.1, -0.05) is 62.6 Å². The van der Waals surface area contributed by atoms with Crippen LogP contribution in [0.5, 0.6) is 5.75 Å². The van der Waals surface area contributed by atoms with Crippen molar-refractivity contribution < 1.29 is 9.53 Å². The number of aromatic nitrogens is 3. The zero-order valence-electron chi connectivity index (χ0n) is 20.6. The van der Waals surface area contributed by atoms with E-state index in [1.807, 2.05) is 36.4 Å². The summed E-state index contributed by atoms with van der Waals surface area (Å²) in [7, 11) is 1.67. The molecule has 1 aliphatic carbocycles. The highest BCUT2D eigenvalue weighted by Gasteiger charge is 2.23. The number of carbonyl (C=O) groups excluding carboxylic acids is 1. The van der Waals surface area contributed by atoms with E-state index in [0.717, 1.165) is 53.8 Å². The number of thioether (sulfide) groups is 1. The fraction of sp³-hybridized carbons (Fsp3) is 0.444. The molecular weight excluding hydrogens is 458 g/mol. The first kappa shape index (κ1) is 25.1. The summed E-state index contributed by atoms with van der Waals surface area (Å²) < 4.78 is 7.58. The number of methoxy groups -OCH3 is 1. The number of ether oxygens (including phenoxy) is 1. The number of amides is 1. The summed E-state index contributed by atoms with van der Waals surface area (Å²) in [4.78, 5) is 12.6. The number of nitrogens with zero attached hydrogens (tertiary/aromatic N) is 3. The van der Waals surface area contributed by atoms with Gasteiger partial charge in [0.15, 0.2) is 11.0 Å². The van der Waals surface area contributed by atoms with Crippen molar-refractivity contribution in [2.24, 2.45) is 0 Å². The van der Waals surface area contributed by atoms with Crippen LogP contribution >= 0.6 is 11.8 Å². The molecule has 2 N–H and O–H groups in total. The minimum absolute atomic E-state index is 0.0347. The van der Waals surface area contributed by atoms with Crippen LogP contribution in [0, 0.1) is 0 Å². The third-order valence-electron chi connectivity index (χ3n) is 6.30. The molecule has 186 valence electrons. The highest BCUT2D eigenvalue weighted by atomic mass is 32.2. The first-order valence-corrected chi connectivity index (χ1v) is 13.5. The second kappa shape index (κ2) is 12.6. The Bertz CT molecular complexity index is 1090. The van der Waals surface area contributed by atoms with E-state index in [2.05, 4.69) is 44.5 Å². The van der Waals surface area contributed by atoms with Crippen LogP contribution in [0.1, 0.15) is 62.9 Å². The predicted molar refractivity (Wildman–Crippen MR) is 142 cm³/mol. The lowest BCUT2D eigenvalue weighted by Gasteiger charge is -2.25. The number of hydrogen-bond acceptors (Lipinski definition) is 6. The monoisotopic (exact) mass is 493 g/mol. The number of nitrogens with one attached hydrogen (secondary N) is 2. The second-order valence-corrected chi connectivity index (χ2v) is 9.87. The molecule has 1 aliphatic rings. The maximum Gasteiger partial charge on any atom is 0.234 e. The van der Waals surface area contributed by atoms with Gasteiger partial charge in [0.1, 0.15) is 5.75 Å². The predicted octanol–water partition coefficient (Wildman–Crippen LogP) is 6.09. The van der Waals surface area contributed by atoms with E-state index in [9.17, 15) is 4.79 Å². The van der Waals surface area contributed by atoms with E-state index in [1.165, 1.54) is 36.6 Å². The molecule has 0 radical (unpaired) electrons. The topological polar surface area (TPSA) is 81.1 Å². The van der Waals surface area contributed by atoms with Crippen molar-refractivity contribution in [2.45, 2.75) is 69.6 Å². The molecule has 0 bridgehead atoms. The summed E-state index contributed by atoms with van der Waals surface area (Å²) in [6, 6.07) is 16.3. The Hall–Kier alpha value is -3.00. The maximum absolute atomic E-state index is 12.6. The van der Waals surface area contributed by atoms with Crippen molar-refractivity contribution in [3.8, 4) is 5.75 Å². The maximum atomic E-state index is 12.6. The first-order valence-electron chi connectivity index (χ1n) is 12.5. The largest absolute Gasteiger partial charge is 0.497 e. The van der Waals surface area contributed by atoms with Gasteiger partial charge < -0.3 is 19.9 Å². The first-order chi connectivity index (χ1) is 17.2. The molecule has 3 aromatic rings. The lowest BCUT2D eigenvalue weighted by atomic mass is 9.95. The molecule has 0 atom stereocenters. The van der Waals surface area contributed by atoms with Gasteiger partial charge in [0.2, 0.25) is 5.91 Å². The Morgan fingerprint density at radius 2 is 1.89 bits per heavy atom. The number of rotatable bonds is 11. The molecule has 1 heterocycles. The minimum Gasteiger partial charge on any atom is -0.497 e. The van der Waals surface area contributed by atoms with Crippen molar-refractivity contribution in [2.75, 3.05) is 23.5 Å². The number of anilines is 2. The van der Waals surface area contributed by atoms with Gasteiger partial charge in [-0.2, -0.15) is 0 Å². The summed E-state index contributed by atoms with van der Waals surface area (Å²) in [5.41, 5.74) is 3.09. The Morgan fingerprint density at radius 1 is 1.09 bits per heavy atom. The van der Waals surface area contributed by atoms with Crippen LogP contribution in [0.2, 0.25) is 0 Å². The Kier molecular flexibility index (Phi) is 9.06. The van der Waals surface area contributed by atoms with E-state index < -0.39 is 0 Å². The molecule has 0 saturated heterocycles. The van der Waals surface area contributed by atoms with Crippen molar-refractivity contribution in [3.05, 3.63) is 59.9 Å². The Morgan fingerprint density at radius 3 is 2.63 bits per heavy atom. The van der Waals surface area contributed by atoms with Gasteiger partial charge in [-0.15, -0.1) is 10.2 Å². The molecule has 1 aromatic heterocycles. The highest BCUT2D eigenvalue weighted by molar-refractivity contribution is 7.99. The molecule has 7 nitrogen and oxygen atoms in total. The van der Waals surface area contributed by atoms with Gasteiger partial charge in [0.05, 0.1) is 19.4 Å². The minimum atomic E-state index is -0.0347. The average molecular weight is 494 g/mol. The molecule has 1 amide bonds. The summed E-state index contributed by atoms with van der Waals surface area (Å²) in [6.07, 6.45) is 8.10. The van der Waals surface area contributed by atoms with E-state index in [1.54, 1.807) is 7.11 Å². The van der Waals surface area contributed by atoms with E-state index in [0.29, 0.717) is 18.3 Å². The van der Waals surface area contributed by atoms with Gasteiger partial charge in [0, 0.05) is 23.5 Å². The molecule has 1 fully saturated rings. The van der Waals surface area contributed by atoms with E-state index in [4.69, 9.17) is 4.74 Å². The van der Waals surface area contributed by atoms with Gasteiger partial charge >= 0.3 is 0 Å². The highest BCUT2D eigenvalue weighted by Crippen LogP contribution is 2.33.